The van der Waals surface area contributed by atoms with E-state index in [2.05, 4.69) is 0 Å². The zero-order chi connectivity index (χ0) is 20.2. The van der Waals surface area contributed by atoms with Gasteiger partial charge in [-0.15, -0.1) is 0 Å². The van der Waals surface area contributed by atoms with Crippen LogP contribution in [0.15, 0.2) is 47.0 Å². The summed E-state index contributed by atoms with van der Waals surface area (Å²) < 4.78 is 11.4. The molecule has 5 atom stereocenters. The molecule has 2 aliphatic heterocycles. The highest BCUT2D eigenvalue weighted by Crippen LogP contribution is 2.49. The van der Waals surface area contributed by atoms with Crippen molar-refractivity contribution in [2.45, 2.75) is 63.1 Å². The Morgan fingerprint density at radius 3 is 2.63 bits per heavy atom. The first kappa shape index (κ1) is 20.0. The van der Waals surface area contributed by atoms with Crippen LogP contribution >= 0.6 is 0 Å². The lowest BCUT2D eigenvalue weighted by atomic mass is 9.79. The molecular formula is C20H26O7. The maximum atomic E-state index is 12.1. The molecule has 3 aliphatic rings. The van der Waals surface area contributed by atoms with Gasteiger partial charge in [-0.25, -0.2) is 0 Å². The number of allylic oxidation sites excluding steroid dienone is 1. The van der Waals surface area contributed by atoms with E-state index >= 15 is 0 Å². The van der Waals surface area contributed by atoms with E-state index in [9.17, 15) is 25.2 Å². The molecule has 7 heteroatoms. The molecule has 0 saturated carbocycles. The molecule has 7 nitrogen and oxygen atoms in total. The molecule has 1 saturated heterocycles. The zero-order valence-electron chi connectivity index (χ0n) is 15.9. The number of aliphatic hydroxyl groups is 4. The Morgan fingerprint density at radius 1 is 1.37 bits per heavy atom. The van der Waals surface area contributed by atoms with Gasteiger partial charge in [0.2, 0.25) is 0 Å². The third-order valence-electron chi connectivity index (χ3n) is 5.57. The number of fused-ring (bicyclic) bond motifs is 1. The largest absolute Gasteiger partial charge is 0.466 e. The van der Waals surface area contributed by atoms with Gasteiger partial charge in [0.05, 0.1) is 18.5 Å². The number of epoxide rings is 1. The van der Waals surface area contributed by atoms with Crippen molar-refractivity contribution in [2.75, 3.05) is 6.61 Å². The standard InChI is InChI=1S/C20H26O7/c1-5-18(2,24)8-12(9-21)17-20(4,27-17)15-7-11-6-14(22)19(3,25)16(23)13(11)10-26-15/h6-8,10,16-17,21,23-25H,5,9H2,1-4H3/b12-8+/t16-,17+,18-,19-,20+/m1/s1. The van der Waals surface area contributed by atoms with Gasteiger partial charge in [-0.3, -0.25) is 4.79 Å². The van der Waals surface area contributed by atoms with Crippen molar-refractivity contribution in [3.63, 3.8) is 0 Å². The molecule has 148 valence electrons. The summed E-state index contributed by atoms with van der Waals surface area (Å²) in [5.41, 5.74) is -2.52. The summed E-state index contributed by atoms with van der Waals surface area (Å²) in [6.07, 6.45) is 4.39. The van der Waals surface area contributed by atoms with Gasteiger partial charge >= 0.3 is 0 Å². The van der Waals surface area contributed by atoms with Crippen LogP contribution in [0.5, 0.6) is 0 Å². The van der Waals surface area contributed by atoms with Crippen molar-refractivity contribution in [2.24, 2.45) is 0 Å². The average molecular weight is 378 g/mol. The summed E-state index contributed by atoms with van der Waals surface area (Å²) >= 11 is 0. The highest BCUT2D eigenvalue weighted by Gasteiger charge is 2.59. The summed E-state index contributed by atoms with van der Waals surface area (Å²) in [4.78, 5) is 12.1. The van der Waals surface area contributed by atoms with Gasteiger partial charge in [-0.1, -0.05) is 6.92 Å². The van der Waals surface area contributed by atoms with E-state index in [1.165, 1.54) is 19.3 Å². The number of hydrogen-bond acceptors (Lipinski definition) is 7. The van der Waals surface area contributed by atoms with Gasteiger partial charge in [0.1, 0.15) is 18.0 Å². The first-order chi connectivity index (χ1) is 12.5. The minimum absolute atomic E-state index is 0.270. The summed E-state index contributed by atoms with van der Waals surface area (Å²) in [6, 6.07) is 0. The minimum Gasteiger partial charge on any atom is -0.466 e. The smallest absolute Gasteiger partial charge is 0.190 e. The Kier molecular flexibility index (Phi) is 4.73. The Hall–Kier alpha value is -1.77. The number of ether oxygens (including phenoxy) is 2. The van der Waals surface area contributed by atoms with Gasteiger partial charge in [-0.2, -0.15) is 0 Å². The van der Waals surface area contributed by atoms with Crippen LogP contribution in [0.3, 0.4) is 0 Å². The van der Waals surface area contributed by atoms with E-state index in [0.717, 1.165) is 0 Å². The first-order valence-corrected chi connectivity index (χ1v) is 8.95. The van der Waals surface area contributed by atoms with Gasteiger partial charge in [0.25, 0.3) is 0 Å². The lowest BCUT2D eigenvalue weighted by Crippen LogP contribution is -2.50. The molecule has 1 aliphatic carbocycles. The van der Waals surface area contributed by atoms with Gasteiger partial charge in [0.15, 0.2) is 17.0 Å². The van der Waals surface area contributed by atoms with Crippen molar-refractivity contribution in [1.29, 1.82) is 0 Å². The Bertz CT molecular complexity index is 784. The van der Waals surface area contributed by atoms with E-state index in [4.69, 9.17) is 9.47 Å². The SMILES string of the molecule is CC[C@@](C)(O)/C=C(\CO)[C@@H]1O[C@@]1(C)C1=CC2=CC(=O)[C@@](C)(O)[C@H](O)C2=CO1. The van der Waals surface area contributed by atoms with Crippen LogP contribution in [0, 0.1) is 0 Å². The zero-order valence-corrected chi connectivity index (χ0v) is 15.9. The van der Waals surface area contributed by atoms with Gasteiger partial charge in [0, 0.05) is 5.57 Å². The molecule has 0 aromatic carbocycles. The molecule has 0 spiro atoms. The molecule has 0 unspecified atom stereocenters. The molecule has 2 heterocycles. The molecule has 0 aromatic heterocycles. The van der Waals surface area contributed by atoms with Gasteiger partial charge in [-0.05, 0) is 56.6 Å². The second-order valence-electron chi connectivity index (χ2n) is 7.91. The Balaban J connectivity index is 1.88. The fraction of sp³-hybridized carbons (Fsp3) is 0.550. The predicted octanol–water partition coefficient (Wildman–Crippen LogP) is 0.643. The molecule has 0 radical (unpaired) electrons. The number of ketones is 1. The normalized spacial score (nSPS) is 38.1. The van der Waals surface area contributed by atoms with Crippen LogP contribution in [0.25, 0.3) is 0 Å². The summed E-state index contributed by atoms with van der Waals surface area (Å²) in [5, 5.41) is 40.3. The summed E-state index contributed by atoms with van der Waals surface area (Å²) in [5.74, 6) is -0.174. The van der Waals surface area contributed by atoms with Crippen molar-refractivity contribution < 1.29 is 34.7 Å². The Labute approximate surface area is 157 Å². The molecule has 27 heavy (non-hydrogen) atoms. The molecule has 0 bridgehead atoms. The van der Waals surface area contributed by atoms with Crippen LogP contribution < -0.4 is 0 Å². The van der Waals surface area contributed by atoms with Crippen molar-refractivity contribution >= 4 is 5.78 Å². The van der Waals surface area contributed by atoms with Crippen molar-refractivity contribution in [3.8, 4) is 0 Å². The van der Waals surface area contributed by atoms with Crippen LogP contribution in [0.1, 0.15) is 34.1 Å². The molecule has 0 amide bonds. The quantitative estimate of drug-likeness (QED) is 0.409. The number of carbonyl (C=O) groups is 1. The van der Waals surface area contributed by atoms with Crippen LogP contribution in [-0.2, 0) is 14.3 Å². The topological polar surface area (TPSA) is 120 Å². The highest BCUT2D eigenvalue weighted by atomic mass is 16.6. The minimum atomic E-state index is -1.90. The molecule has 1 fully saturated rings. The maximum absolute atomic E-state index is 12.1. The van der Waals surface area contributed by atoms with E-state index in [0.29, 0.717) is 28.9 Å². The molecular weight excluding hydrogens is 352 g/mol. The summed E-state index contributed by atoms with van der Waals surface area (Å²) in [7, 11) is 0. The second kappa shape index (κ2) is 6.39. The van der Waals surface area contributed by atoms with Crippen LogP contribution in [0.2, 0.25) is 0 Å². The molecule has 4 N–H and O–H groups in total. The summed E-state index contributed by atoms with van der Waals surface area (Å²) in [6.45, 7) is 6.26. The van der Waals surface area contributed by atoms with Crippen LogP contribution in [0.4, 0.5) is 0 Å². The number of rotatable bonds is 5. The predicted molar refractivity (Wildman–Crippen MR) is 96.3 cm³/mol. The lowest BCUT2D eigenvalue weighted by Gasteiger charge is -2.34. The number of carbonyl (C=O) groups excluding carboxylic acids is 1. The number of hydrogen-bond donors (Lipinski definition) is 4. The maximum Gasteiger partial charge on any atom is 0.190 e. The van der Waals surface area contributed by atoms with E-state index < -0.39 is 34.8 Å². The monoisotopic (exact) mass is 378 g/mol. The first-order valence-electron chi connectivity index (χ1n) is 8.95. The van der Waals surface area contributed by atoms with Gasteiger partial charge < -0.3 is 29.9 Å². The van der Waals surface area contributed by atoms with E-state index in [1.54, 1.807) is 26.0 Å². The third kappa shape index (κ3) is 3.30. The van der Waals surface area contributed by atoms with E-state index in [1.807, 2.05) is 6.92 Å². The fourth-order valence-electron chi connectivity index (χ4n) is 3.32. The Morgan fingerprint density at radius 2 is 2.04 bits per heavy atom. The average Bonchev–Trinajstić information content (AvgIpc) is 3.31. The van der Waals surface area contributed by atoms with E-state index in [-0.39, 0.29) is 6.61 Å². The number of aliphatic hydroxyl groups excluding tert-OH is 2. The highest BCUT2D eigenvalue weighted by molar-refractivity contribution is 6.01. The van der Waals surface area contributed by atoms with Crippen molar-refractivity contribution in [1.82, 2.24) is 0 Å². The molecule has 0 aromatic rings. The third-order valence-corrected chi connectivity index (χ3v) is 5.57. The lowest BCUT2D eigenvalue weighted by molar-refractivity contribution is -0.140. The fourth-order valence-corrected chi connectivity index (χ4v) is 3.32. The molecule has 3 rings (SSSR count). The second-order valence-corrected chi connectivity index (χ2v) is 7.91. The van der Waals surface area contributed by atoms with Crippen molar-refractivity contribution in [3.05, 3.63) is 47.0 Å². The van der Waals surface area contributed by atoms with Crippen LogP contribution in [-0.4, -0.2) is 61.8 Å².